The van der Waals surface area contributed by atoms with Crippen LogP contribution in [-0.2, 0) is 11.3 Å². The number of nitrogens with zero attached hydrogens (tertiary/aromatic N) is 5. The molecule has 0 saturated carbocycles. The Kier molecular flexibility index (Phi) is 7.42. The van der Waals surface area contributed by atoms with Crippen LogP contribution >= 0.6 is 0 Å². The lowest BCUT2D eigenvalue weighted by molar-refractivity contribution is 0.0364. The summed E-state index contributed by atoms with van der Waals surface area (Å²) >= 11 is 0. The second-order valence-corrected chi connectivity index (χ2v) is 10.2. The van der Waals surface area contributed by atoms with Gasteiger partial charge in [0.25, 0.3) is 5.91 Å². The van der Waals surface area contributed by atoms with E-state index < -0.39 is 0 Å². The molecular weight excluding hydrogens is 492 g/mol. The van der Waals surface area contributed by atoms with Crippen LogP contribution in [0.2, 0.25) is 0 Å². The van der Waals surface area contributed by atoms with Crippen molar-refractivity contribution in [2.45, 2.75) is 25.4 Å². The van der Waals surface area contributed by atoms with E-state index in [0.717, 1.165) is 68.1 Å². The van der Waals surface area contributed by atoms with Crippen molar-refractivity contribution in [2.24, 2.45) is 0 Å². The summed E-state index contributed by atoms with van der Waals surface area (Å²) in [6.07, 6.45) is 4.98. The van der Waals surface area contributed by atoms with Gasteiger partial charge >= 0.3 is 5.69 Å². The number of rotatable bonds is 7. The van der Waals surface area contributed by atoms with Crippen LogP contribution in [0.25, 0.3) is 11.0 Å². The fourth-order valence-corrected chi connectivity index (χ4v) is 5.68. The molecule has 2 saturated heterocycles. The average molecular weight is 527 g/mol. The Morgan fingerprint density at radius 3 is 2.23 bits per heavy atom. The highest BCUT2D eigenvalue weighted by molar-refractivity contribution is 5.94. The highest BCUT2D eigenvalue weighted by atomic mass is 16.5. The van der Waals surface area contributed by atoms with Crippen LogP contribution in [-0.4, -0.2) is 75.8 Å². The van der Waals surface area contributed by atoms with Crippen LogP contribution in [0.4, 0.5) is 11.4 Å². The van der Waals surface area contributed by atoms with Gasteiger partial charge in [0.1, 0.15) is 0 Å². The second-order valence-electron chi connectivity index (χ2n) is 10.2. The fourth-order valence-electron chi connectivity index (χ4n) is 5.68. The molecule has 0 aliphatic carbocycles. The molecule has 39 heavy (non-hydrogen) atoms. The van der Waals surface area contributed by atoms with Crippen molar-refractivity contribution in [2.75, 3.05) is 51.3 Å². The van der Waals surface area contributed by atoms with Gasteiger partial charge in [0.05, 0.1) is 24.2 Å². The van der Waals surface area contributed by atoms with Gasteiger partial charge in [0.15, 0.2) is 0 Å². The van der Waals surface area contributed by atoms with Gasteiger partial charge < -0.3 is 15.0 Å². The lowest BCUT2D eigenvalue weighted by Crippen LogP contribution is -2.42. The van der Waals surface area contributed by atoms with Crippen molar-refractivity contribution in [1.82, 2.24) is 23.9 Å². The van der Waals surface area contributed by atoms with E-state index in [1.165, 1.54) is 0 Å². The number of pyridine rings is 1. The minimum absolute atomic E-state index is 0.0317. The van der Waals surface area contributed by atoms with Gasteiger partial charge in [-0.15, -0.1) is 0 Å². The van der Waals surface area contributed by atoms with E-state index in [4.69, 9.17) is 4.74 Å². The standard InChI is InChI=1S/C30H34N6O3/c37-29(23-5-7-24(8-6-23)32-25-9-13-31-14-10-25)34-15-11-26(12-16-34)36-28-4-2-1-3-27(28)35(30(36)38)18-17-33-19-21-39-22-20-33/h1-10,13-14,26H,11-12,15-22H2,(H,31,32). The summed E-state index contributed by atoms with van der Waals surface area (Å²) in [5, 5.41) is 3.32. The third-order valence-corrected chi connectivity index (χ3v) is 7.83. The predicted molar refractivity (Wildman–Crippen MR) is 152 cm³/mol. The Morgan fingerprint density at radius 1 is 0.846 bits per heavy atom. The minimum Gasteiger partial charge on any atom is -0.379 e. The molecule has 0 radical (unpaired) electrons. The molecule has 4 heterocycles. The number of ether oxygens (including phenoxy) is 1. The molecular formula is C30H34N6O3. The summed E-state index contributed by atoms with van der Waals surface area (Å²) in [6.45, 7) is 6.06. The number of carbonyl (C=O) groups is 1. The van der Waals surface area contributed by atoms with Gasteiger partial charge in [-0.3, -0.25) is 23.8 Å². The molecule has 9 heteroatoms. The fraction of sp³-hybridized carbons (Fsp3) is 0.367. The first-order valence-electron chi connectivity index (χ1n) is 13.7. The molecule has 0 atom stereocenters. The topological polar surface area (TPSA) is 84.6 Å². The van der Waals surface area contributed by atoms with Crippen LogP contribution in [0.1, 0.15) is 29.2 Å². The highest BCUT2D eigenvalue weighted by Gasteiger charge is 2.28. The Bertz CT molecular complexity index is 1470. The first-order valence-corrected chi connectivity index (χ1v) is 13.7. The number of hydrogen-bond donors (Lipinski definition) is 1. The quantitative estimate of drug-likeness (QED) is 0.395. The lowest BCUT2D eigenvalue weighted by Gasteiger charge is -2.32. The molecule has 1 N–H and O–H groups in total. The Morgan fingerprint density at radius 2 is 1.51 bits per heavy atom. The van der Waals surface area contributed by atoms with Gasteiger partial charge in [-0.2, -0.15) is 0 Å². The van der Waals surface area contributed by atoms with Crippen LogP contribution < -0.4 is 11.0 Å². The first-order chi connectivity index (χ1) is 19.2. The number of hydrogen-bond acceptors (Lipinski definition) is 6. The number of benzene rings is 2. The molecule has 0 spiro atoms. The normalized spacial score (nSPS) is 17.0. The minimum atomic E-state index is 0.0317. The second kappa shape index (κ2) is 11.4. The Labute approximate surface area is 227 Å². The third kappa shape index (κ3) is 5.46. The SMILES string of the molecule is O=C(c1ccc(Nc2ccncc2)cc1)N1CCC(n2c(=O)n(CCN3CCOCC3)c3ccccc32)CC1. The number of para-hydroxylation sites is 2. The van der Waals surface area contributed by atoms with Gasteiger partial charge in [-0.1, -0.05) is 12.1 Å². The van der Waals surface area contributed by atoms with Crippen LogP contribution in [0, 0.1) is 0 Å². The molecule has 6 rings (SSSR count). The van der Waals surface area contributed by atoms with E-state index in [2.05, 4.69) is 15.2 Å². The summed E-state index contributed by atoms with van der Waals surface area (Å²) in [5.74, 6) is 0.0317. The molecule has 0 unspecified atom stereocenters. The number of amides is 1. The van der Waals surface area contributed by atoms with Gasteiger partial charge in [-0.25, -0.2) is 4.79 Å². The maximum atomic E-state index is 13.7. The van der Waals surface area contributed by atoms with Gasteiger partial charge in [0, 0.05) is 74.6 Å². The number of piperidine rings is 1. The van der Waals surface area contributed by atoms with Crippen molar-refractivity contribution in [3.05, 3.63) is 89.1 Å². The number of anilines is 2. The molecule has 0 bridgehead atoms. The van der Waals surface area contributed by atoms with Crippen LogP contribution in [0.5, 0.6) is 0 Å². The number of imidazole rings is 1. The van der Waals surface area contributed by atoms with E-state index in [-0.39, 0.29) is 17.6 Å². The van der Waals surface area contributed by atoms with Crippen molar-refractivity contribution >= 4 is 28.3 Å². The molecule has 1 amide bonds. The van der Waals surface area contributed by atoms with Gasteiger partial charge in [0.2, 0.25) is 0 Å². The average Bonchev–Trinajstić information content (AvgIpc) is 3.28. The number of fused-ring (bicyclic) bond motifs is 1. The smallest absolute Gasteiger partial charge is 0.329 e. The molecule has 2 aromatic carbocycles. The number of aromatic nitrogens is 3. The molecule has 2 aromatic heterocycles. The zero-order valence-electron chi connectivity index (χ0n) is 22.0. The first kappa shape index (κ1) is 25.3. The van der Waals surface area contributed by atoms with E-state index >= 15 is 0 Å². The number of morpholine rings is 1. The van der Waals surface area contributed by atoms with E-state index in [9.17, 15) is 9.59 Å². The number of carbonyl (C=O) groups excluding carboxylic acids is 1. The maximum absolute atomic E-state index is 13.7. The van der Waals surface area contributed by atoms with Crippen molar-refractivity contribution in [1.29, 1.82) is 0 Å². The molecule has 4 aromatic rings. The zero-order chi connectivity index (χ0) is 26.6. The number of likely N-dealkylation sites (tertiary alicyclic amines) is 1. The number of nitrogens with one attached hydrogen (secondary N) is 1. The molecule has 2 aliphatic rings. The van der Waals surface area contributed by atoms with Crippen molar-refractivity contribution in [3.8, 4) is 0 Å². The summed E-state index contributed by atoms with van der Waals surface area (Å²) in [4.78, 5) is 35.2. The summed E-state index contributed by atoms with van der Waals surface area (Å²) in [5.41, 5.74) is 4.54. The predicted octanol–water partition coefficient (Wildman–Crippen LogP) is 3.75. The van der Waals surface area contributed by atoms with Gasteiger partial charge in [-0.05, 0) is 61.4 Å². The monoisotopic (exact) mass is 526 g/mol. The lowest BCUT2D eigenvalue weighted by atomic mass is 10.0. The van der Waals surface area contributed by atoms with E-state index in [1.807, 2.05) is 74.7 Å². The molecule has 2 aliphatic heterocycles. The van der Waals surface area contributed by atoms with Crippen LogP contribution in [0.15, 0.2) is 77.9 Å². The van der Waals surface area contributed by atoms with Crippen molar-refractivity contribution < 1.29 is 9.53 Å². The largest absolute Gasteiger partial charge is 0.379 e. The Balaban J connectivity index is 1.12. The summed E-state index contributed by atoms with van der Waals surface area (Å²) in [7, 11) is 0. The van der Waals surface area contributed by atoms with Crippen molar-refractivity contribution in [3.63, 3.8) is 0 Å². The zero-order valence-corrected chi connectivity index (χ0v) is 22.0. The third-order valence-electron chi connectivity index (χ3n) is 7.83. The maximum Gasteiger partial charge on any atom is 0.329 e. The van der Waals surface area contributed by atoms with Crippen LogP contribution in [0.3, 0.4) is 0 Å². The van der Waals surface area contributed by atoms with E-state index in [0.29, 0.717) is 25.2 Å². The molecule has 9 nitrogen and oxygen atoms in total. The molecule has 202 valence electrons. The highest BCUT2D eigenvalue weighted by Crippen LogP contribution is 2.27. The summed E-state index contributed by atoms with van der Waals surface area (Å²) in [6, 6.07) is 19.5. The Hall–Kier alpha value is -3.95. The molecule has 2 fully saturated rings. The van der Waals surface area contributed by atoms with E-state index in [1.54, 1.807) is 12.4 Å². The summed E-state index contributed by atoms with van der Waals surface area (Å²) < 4.78 is 9.35.